The van der Waals surface area contributed by atoms with E-state index in [4.69, 9.17) is 0 Å². The molecule has 1 unspecified atom stereocenters. The second-order valence-corrected chi connectivity index (χ2v) is 6.74. The Hall–Kier alpha value is -2.08. The van der Waals surface area contributed by atoms with Gasteiger partial charge in [-0.05, 0) is 44.8 Å². The number of aryl methyl sites for hydroxylation is 1. The lowest BCUT2D eigenvalue weighted by Crippen LogP contribution is -2.50. The van der Waals surface area contributed by atoms with Crippen molar-refractivity contribution >= 4 is 11.9 Å². The minimum atomic E-state index is -0.521. The van der Waals surface area contributed by atoms with Crippen LogP contribution in [-0.2, 0) is 11.3 Å². The third-order valence-corrected chi connectivity index (χ3v) is 3.81. The molecule has 140 valence electrons. The second-order valence-electron chi connectivity index (χ2n) is 6.74. The molecule has 4 N–H and O–H groups in total. The number of hydrogen-bond donors (Lipinski definition) is 4. The molecule has 1 rings (SSSR count). The number of urea groups is 1. The Kier molecular flexibility index (Phi) is 9.62. The molecule has 0 saturated heterocycles. The molecule has 0 aliphatic heterocycles. The van der Waals surface area contributed by atoms with Crippen LogP contribution in [0.1, 0.15) is 37.8 Å². The van der Waals surface area contributed by atoms with Crippen molar-refractivity contribution in [1.29, 1.82) is 0 Å². The van der Waals surface area contributed by atoms with Gasteiger partial charge in [0, 0.05) is 13.1 Å². The molecule has 6 heteroatoms. The Morgan fingerprint density at radius 1 is 1.04 bits per heavy atom. The lowest BCUT2D eigenvalue weighted by atomic mass is 10.0. The van der Waals surface area contributed by atoms with Gasteiger partial charge in [0.05, 0.1) is 0 Å². The molecule has 0 heterocycles. The van der Waals surface area contributed by atoms with E-state index in [0.717, 1.165) is 18.5 Å². The van der Waals surface area contributed by atoms with Crippen molar-refractivity contribution in [1.82, 2.24) is 21.3 Å². The summed E-state index contributed by atoms with van der Waals surface area (Å²) in [6.45, 7) is 7.97. The van der Waals surface area contributed by atoms with E-state index in [1.807, 2.05) is 52.1 Å². The first-order valence-corrected chi connectivity index (χ1v) is 8.94. The van der Waals surface area contributed by atoms with Gasteiger partial charge in [-0.2, -0.15) is 0 Å². The summed E-state index contributed by atoms with van der Waals surface area (Å²) < 4.78 is 0. The highest BCUT2D eigenvalue weighted by atomic mass is 16.2. The predicted octanol–water partition coefficient (Wildman–Crippen LogP) is 1.93. The molecule has 0 aromatic heterocycles. The molecule has 0 bridgehead atoms. The van der Waals surface area contributed by atoms with Crippen LogP contribution in [0.3, 0.4) is 0 Å². The van der Waals surface area contributed by atoms with Gasteiger partial charge in [0.15, 0.2) is 0 Å². The minimum Gasteiger partial charge on any atom is -0.354 e. The highest BCUT2D eigenvalue weighted by Gasteiger charge is 2.21. The van der Waals surface area contributed by atoms with E-state index in [1.165, 1.54) is 5.56 Å². The summed E-state index contributed by atoms with van der Waals surface area (Å²) in [6, 6.07) is 7.14. The first-order valence-electron chi connectivity index (χ1n) is 8.94. The van der Waals surface area contributed by atoms with Crippen molar-refractivity contribution in [3.05, 3.63) is 35.4 Å². The standard InChI is InChI=1S/C19H32N4O2/c1-14(2)12-17(18(24)21-11-5-10-20-4)23-19(25)22-13-16-8-6-15(3)7-9-16/h6-9,14,17,20H,5,10-13H2,1-4H3,(H,21,24)(H2,22,23,25). The van der Waals surface area contributed by atoms with Gasteiger partial charge in [-0.1, -0.05) is 43.7 Å². The monoisotopic (exact) mass is 348 g/mol. The summed E-state index contributed by atoms with van der Waals surface area (Å²) in [6.07, 6.45) is 1.46. The normalized spacial score (nSPS) is 11.9. The van der Waals surface area contributed by atoms with Crippen LogP contribution in [0.15, 0.2) is 24.3 Å². The fourth-order valence-electron chi connectivity index (χ4n) is 2.40. The van der Waals surface area contributed by atoms with E-state index in [9.17, 15) is 9.59 Å². The number of carbonyl (C=O) groups excluding carboxylic acids is 2. The largest absolute Gasteiger partial charge is 0.354 e. The van der Waals surface area contributed by atoms with E-state index in [0.29, 0.717) is 25.4 Å². The van der Waals surface area contributed by atoms with Gasteiger partial charge in [0.2, 0.25) is 5.91 Å². The molecule has 1 aromatic carbocycles. The number of hydrogen-bond acceptors (Lipinski definition) is 3. The number of nitrogens with one attached hydrogen (secondary N) is 4. The number of rotatable bonds is 10. The van der Waals surface area contributed by atoms with Crippen LogP contribution in [0.2, 0.25) is 0 Å². The zero-order chi connectivity index (χ0) is 18.7. The van der Waals surface area contributed by atoms with Crippen molar-refractivity contribution in [3.8, 4) is 0 Å². The molecule has 0 aliphatic rings. The zero-order valence-corrected chi connectivity index (χ0v) is 15.8. The number of amides is 3. The van der Waals surface area contributed by atoms with Crippen molar-refractivity contribution in [2.75, 3.05) is 20.1 Å². The van der Waals surface area contributed by atoms with Crippen molar-refractivity contribution in [2.45, 2.75) is 46.2 Å². The van der Waals surface area contributed by atoms with Crippen molar-refractivity contribution < 1.29 is 9.59 Å². The van der Waals surface area contributed by atoms with Crippen molar-refractivity contribution in [3.63, 3.8) is 0 Å². The molecule has 0 fully saturated rings. The molecule has 0 saturated carbocycles. The Morgan fingerprint density at radius 2 is 1.72 bits per heavy atom. The highest BCUT2D eigenvalue weighted by molar-refractivity contribution is 5.86. The van der Waals surface area contributed by atoms with Crippen LogP contribution in [0.4, 0.5) is 4.79 Å². The average Bonchev–Trinajstić information content (AvgIpc) is 2.57. The predicted molar refractivity (Wildman–Crippen MR) is 101 cm³/mol. The van der Waals surface area contributed by atoms with Crippen LogP contribution in [0, 0.1) is 12.8 Å². The van der Waals surface area contributed by atoms with Crippen LogP contribution in [0.25, 0.3) is 0 Å². The van der Waals surface area contributed by atoms with Gasteiger partial charge >= 0.3 is 6.03 Å². The third-order valence-electron chi connectivity index (χ3n) is 3.81. The quantitative estimate of drug-likeness (QED) is 0.488. The van der Waals surface area contributed by atoms with Gasteiger partial charge in [0.25, 0.3) is 0 Å². The molecule has 0 radical (unpaired) electrons. The number of carbonyl (C=O) groups is 2. The first-order chi connectivity index (χ1) is 11.9. The Labute approximate surface area is 151 Å². The van der Waals surface area contributed by atoms with Crippen LogP contribution < -0.4 is 21.3 Å². The van der Waals surface area contributed by atoms with Crippen LogP contribution >= 0.6 is 0 Å². The maximum absolute atomic E-state index is 12.3. The van der Waals surface area contributed by atoms with Gasteiger partial charge in [-0.25, -0.2) is 4.79 Å². The van der Waals surface area contributed by atoms with Gasteiger partial charge in [-0.15, -0.1) is 0 Å². The topological polar surface area (TPSA) is 82.3 Å². The molecule has 1 aromatic rings. The lowest BCUT2D eigenvalue weighted by Gasteiger charge is -2.20. The average molecular weight is 348 g/mol. The first kappa shape index (κ1) is 21.0. The van der Waals surface area contributed by atoms with E-state index >= 15 is 0 Å². The second kappa shape index (κ2) is 11.5. The molecule has 6 nitrogen and oxygen atoms in total. The van der Waals surface area contributed by atoms with Crippen LogP contribution in [0.5, 0.6) is 0 Å². The van der Waals surface area contributed by atoms with Gasteiger partial charge < -0.3 is 21.3 Å². The Balaban J connectivity index is 2.47. The lowest BCUT2D eigenvalue weighted by molar-refractivity contribution is -0.123. The number of benzene rings is 1. The molecule has 1 atom stereocenters. The van der Waals surface area contributed by atoms with Crippen molar-refractivity contribution in [2.24, 2.45) is 5.92 Å². The molecule has 0 aliphatic carbocycles. The van der Waals surface area contributed by atoms with E-state index in [-0.39, 0.29) is 11.9 Å². The maximum Gasteiger partial charge on any atom is 0.315 e. The Morgan fingerprint density at radius 3 is 2.32 bits per heavy atom. The summed E-state index contributed by atoms with van der Waals surface area (Å²) in [5.41, 5.74) is 2.21. The maximum atomic E-state index is 12.3. The molecular weight excluding hydrogens is 316 g/mol. The van der Waals surface area contributed by atoms with Gasteiger partial charge in [0.1, 0.15) is 6.04 Å². The molecular formula is C19H32N4O2. The highest BCUT2D eigenvalue weighted by Crippen LogP contribution is 2.06. The summed E-state index contributed by atoms with van der Waals surface area (Å²) in [7, 11) is 1.88. The smallest absolute Gasteiger partial charge is 0.315 e. The SMILES string of the molecule is CNCCCNC(=O)C(CC(C)C)NC(=O)NCc1ccc(C)cc1. The molecule has 25 heavy (non-hydrogen) atoms. The summed E-state index contributed by atoms with van der Waals surface area (Å²) in [5.74, 6) is 0.181. The fourth-order valence-corrected chi connectivity index (χ4v) is 2.40. The minimum absolute atomic E-state index is 0.129. The Bertz CT molecular complexity index is 529. The molecule has 3 amide bonds. The van der Waals surface area contributed by atoms with Crippen LogP contribution in [-0.4, -0.2) is 38.1 Å². The van der Waals surface area contributed by atoms with E-state index in [2.05, 4.69) is 21.3 Å². The third kappa shape index (κ3) is 9.10. The summed E-state index contributed by atoms with van der Waals surface area (Å²) in [5, 5.41) is 11.5. The summed E-state index contributed by atoms with van der Waals surface area (Å²) in [4.78, 5) is 24.5. The fraction of sp³-hybridized carbons (Fsp3) is 0.579. The van der Waals surface area contributed by atoms with E-state index in [1.54, 1.807) is 0 Å². The zero-order valence-electron chi connectivity index (χ0n) is 15.8. The molecule has 0 spiro atoms. The van der Waals surface area contributed by atoms with E-state index < -0.39 is 6.04 Å². The van der Waals surface area contributed by atoms with Gasteiger partial charge in [-0.3, -0.25) is 4.79 Å². The summed E-state index contributed by atoms with van der Waals surface area (Å²) >= 11 is 0.